The van der Waals surface area contributed by atoms with Gasteiger partial charge >= 0.3 is 0 Å². The Hall–Kier alpha value is -1.73. The normalized spacial score (nSPS) is 27.8. The number of hydrogen-bond acceptors (Lipinski definition) is 18. The lowest BCUT2D eigenvalue weighted by Crippen LogP contribution is -2.66. The number of ether oxygens (including phenoxy) is 6. The number of nitrogens with one attached hydrogen (secondary N) is 1. The molecule has 3 heterocycles. The monoisotopic (exact) mass is 1320 g/mol. The molecule has 1 amide bonds. The van der Waals surface area contributed by atoms with Crippen LogP contribution in [0.25, 0.3) is 0 Å². The van der Waals surface area contributed by atoms with Crippen molar-refractivity contribution in [2.45, 2.75) is 407 Å². The molecule has 3 saturated heterocycles. The van der Waals surface area contributed by atoms with Gasteiger partial charge in [0.15, 0.2) is 18.9 Å². The summed E-state index contributed by atoms with van der Waals surface area (Å²) >= 11 is 0. The second-order valence-corrected chi connectivity index (χ2v) is 27.1. The van der Waals surface area contributed by atoms with Crippen molar-refractivity contribution in [3.8, 4) is 0 Å². The third-order valence-corrected chi connectivity index (χ3v) is 19.0. The van der Waals surface area contributed by atoms with Gasteiger partial charge in [-0.25, -0.2) is 0 Å². The predicted molar refractivity (Wildman–Crippen MR) is 360 cm³/mol. The van der Waals surface area contributed by atoms with Crippen LogP contribution >= 0.6 is 0 Å². The molecule has 0 radical (unpaired) electrons. The van der Waals surface area contributed by atoms with Gasteiger partial charge in [-0.1, -0.05) is 276 Å². The van der Waals surface area contributed by atoms with Gasteiger partial charge < -0.3 is 89.9 Å². The first-order valence-electron chi connectivity index (χ1n) is 37.6. The molecule has 0 aromatic heterocycles. The van der Waals surface area contributed by atoms with Crippen molar-refractivity contribution in [3.63, 3.8) is 0 Å². The van der Waals surface area contributed by atoms with Crippen LogP contribution in [0.15, 0.2) is 24.3 Å². The van der Waals surface area contributed by atoms with E-state index in [1.54, 1.807) is 6.08 Å². The largest absolute Gasteiger partial charge is 0.394 e. The first-order chi connectivity index (χ1) is 44.8. The van der Waals surface area contributed by atoms with Gasteiger partial charge in [-0.3, -0.25) is 4.79 Å². The Morgan fingerprint density at radius 2 is 0.685 bits per heavy atom. The van der Waals surface area contributed by atoms with Gasteiger partial charge in [0.1, 0.15) is 73.2 Å². The molecule has 0 spiro atoms. The van der Waals surface area contributed by atoms with E-state index >= 15 is 0 Å². The topological polar surface area (TPSA) is 307 Å². The smallest absolute Gasteiger partial charge is 0.220 e. The summed E-state index contributed by atoms with van der Waals surface area (Å²) in [5, 5.41) is 121. The average Bonchev–Trinajstić information content (AvgIpc) is 0.855. The van der Waals surface area contributed by atoms with E-state index in [4.69, 9.17) is 28.4 Å². The maximum atomic E-state index is 13.4. The highest BCUT2D eigenvalue weighted by Crippen LogP contribution is 2.33. The summed E-state index contributed by atoms with van der Waals surface area (Å²) < 4.78 is 34.4. The number of aliphatic hydroxyl groups is 11. The number of carbonyl (C=O) groups excluding carboxylic acids is 1. The number of hydrogen-bond donors (Lipinski definition) is 12. The second-order valence-electron chi connectivity index (χ2n) is 27.1. The fraction of sp³-hybridized carbons (Fsp3) is 0.932. The van der Waals surface area contributed by atoms with E-state index in [9.17, 15) is 61.0 Å². The van der Waals surface area contributed by atoms with E-state index in [0.717, 1.165) is 51.4 Å². The van der Waals surface area contributed by atoms with Crippen molar-refractivity contribution < 1.29 is 89.4 Å². The van der Waals surface area contributed by atoms with Gasteiger partial charge in [-0.05, 0) is 44.9 Å². The van der Waals surface area contributed by atoms with Crippen LogP contribution in [0, 0.1) is 0 Å². The number of rotatable bonds is 59. The van der Waals surface area contributed by atoms with Crippen LogP contribution in [0.3, 0.4) is 0 Å². The molecule has 0 aromatic carbocycles. The molecule has 3 fully saturated rings. The zero-order chi connectivity index (χ0) is 66.8. The number of aliphatic hydroxyl groups excluding tert-OH is 11. The van der Waals surface area contributed by atoms with Crippen LogP contribution in [0.1, 0.15) is 303 Å². The Morgan fingerprint density at radius 1 is 0.380 bits per heavy atom. The van der Waals surface area contributed by atoms with Crippen LogP contribution < -0.4 is 5.32 Å². The standard InChI is InChI=1S/C73H137NO18/c1-3-5-7-9-11-13-15-17-19-21-23-24-25-26-27-28-29-30-31-33-34-36-38-40-42-44-46-48-50-57(78)56(74-61(79)51-49-47-45-43-41-39-37-35-32-22-20-18-16-14-12-10-8-6-4-2)55-87-71-67(85)64(82)69(59(53-76)89-71)92-73-68(86)65(83)70(60(54-77)90-73)91-72-66(84)63(81)62(80)58(52-75)88-72/h18,20,48,50,56-60,62-73,75-78,80-86H,3-17,19,21-47,49,51-55H2,1-2H3,(H,74,79)/b20-18-,50-48+. The zero-order valence-electron chi connectivity index (χ0n) is 57.5. The first-order valence-corrected chi connectivity index (χ1v) is 37.6. The first kappa shape index (κ1) is 84.5. The molecule has 3 aliphatic rings. The van der Waals surface area contributed by atoms with Crippen molar-refractivity contribution in [1.82, 2.24) is 5.32 Å². The minimum absolute atomic E-state index is 0.243. The SMILES string of the molecule is CCCCCCCC/C=C\CCCCCCCCCCCC(=O)NC(COC1OC(CO)C(OC2OC(CO)C(OC3OC(CO)C(O)C(O)C3O)C(O)C2O)C(O)C1O)C(O)/C=C/CCCCCCCCCCCCCCCCCCCCCCCCCCCC. The zero-order valence-corrected chi connectivity index (χ0v) is 57.5. The highest BCUT2D eigenvalue weighted by molar-refractivity contribution is 5.76. The fourth-order valence-electron chi connectivity index (χ4n) is 12.9. The van der Waals surface area contributed by atoms with E-state index in [0.29, 0.717) is 6.42 Å². The molecule has 17 atom stereocenters. The predicted octanol–water partition coefficient (Wildman–Crippen LogP) is 11.0. The van der Waals surface area contributed by atoms with E-state index < -0.39 is 124 Å². The van der Waals surface area contributed by atoms with Crippen LogP contribution in [0.5, 0.6) is 0 Å². The highest BCUT2D eigenvalue weighted by Gasteiger charge is 2.53. The van der Waals surface area contributed by atoms with Gasteiger partial charge in [0.2, 0.25) is 5.91 Å². The van der Waals surface area contributed by atoms with E-state index in [1.807, 2.05) is 6.08 Å². The molecular formula is C73H137NO18. The lowest BCUT2D eigenvalue weighted by Gasteiger charge is -2.48. The Balaban J connectivity index is 1.40. The summed E-state index contributed by atoms with van der Waals surface area (Å²) in [6.07, 6.45) is 37.3. The summed E-state index contributed by atoms with van der Waals surface area (Å²) in [4.78, 5) is 13.4. The molecule has 3 aliphatic heterocycles. The van der Waals surface area contributed by atoms with E-state index in [2.05, 4.69) is 31.3 Å². The molecule has 19 nitrogen and oxygen atoms in total. The quantitative estimate of drug-likeness (QED) is 0.0199. The summed E-state index contributed by atoms with van der Waals surface area (Å²) in [5.74, 6) is -0.274. The molecule has 0 aliphatic carbocycles. The van der Waals surface area contributed by atoms with Gasteiger partial charge in [-0.2, -0.15) is 0 Å². The van der Waals surface area contributed by atoms with Gasteiger partial charge in [0, 0.05) is 6.42 Å². The van der Waals surface area contributed by atoms with Crippen molar-refractivity contribution in [2.75, 3.05) is 26.4 Å². The summed E-state index contributed by atoms with van der Waals surface area (Å²) in [6, 6.07) is -0.973. The summed E-state index contributed by atoms with van der Waals surface area (Å²) in [7, 11) is 0. The minimum Gasteiger partial charge on any atom is -0.394 e. The second kappa shape index (κ2) is 55.2. The van der Waals surface area contributed by atoms with Crippen molar-refractivity contribution in [1.29, 1.82) is 0 Å². The molecule has 17 unspecified atom stereocenters. The lowest BCUT2D eigenvalue weighted by molar-refractivity contribution is -0.379. The molecule has 92 heavy (non-hydrogen) atoms. The molecule has 0 bridgehead atoms. The third kappa shape index (κ3) is 36.2. The van der Waals surface area contributed by atoms with Crippen molar-refractivity contribution in [2.24, 2.45) is 0 Å². The lowest BCUT2D eigenvalue weighted by atomic mass is 9.96. The van der Waals surface area contributed by atoms with Crippen molar-refractivity contribution in [3.05, 3.63) is 24.3 Å². The van der Waals surface area contributed by atoms with Crippen LogP contribution in [-0.2, 0) is 33.2 Å². The third-order valence-electron chi connectivity index (χ3n) is 19.0. The number of carbonyl (C=O) groups is 1. The average molecular weight is 1320 g/mol. The summed E-state index contributed by atoms with van der Waals surface area (Å²) in [6.45, 7) is 1.77. The Kier molecular flexibility index (Phi) is 50.7. The number of unbranched alkanes of at least 4 members (excludes halogenated alkanes) is 41. The Morgan fingerprint density at radius 3 is 1.05 bits per heavy atom. The van der Waals surface area contributed by atoms with Crippen LogP contribution in [-0.4, -0.2) is 193 Å². The molecule has 12 N–H and O–H groups in total. The maximum absolute atomic E-state index is 13.4. The molecule has 542 valence electrons. The summed E-state index contributed by atoms with van der Waals surface area (Å²) in [5.41, 5.74) is 0. The van der Waals surface area contributed by atoms with Crippen molar-refractivity contribution >= 4 is 5.91 Å². The van der Waals surface area contributed by atoms with Gasteiger partial charge in [0.05, 0.1) is 38.6 Å². The van der Waals surface area contributed by atoms with Crippen LogP contribution in [0.4, 0.5) is 0 Å². The van der Waals surface area contributed by atoms with Crippen LogP contribution in [0.2, 0.25) is 0 Å². The number of allylic oxidation sites excluding steroid dienone is 3. The maximum Gasteiger partial charge on any atom is 0.220 e. The van der Waals surface area contributed by atoms with E-state index in [-0.39, 0.29) is 18.9 Å². The Labute approximate surface area is 556 Å². The minimum atomic E-state index is -1.98. The molecule has 0 aromatic rings. The van der Waals surface area contributed by atoms with E-state index in [1.165, 1.54) is 225 Å². The fourth-order valence-corrected chi connectivity index (χ4v) is 12.9. The van der Waals surface area contributed by atoms with Gasteiger partial charge in [-0.15, -0.1) is 0 Å². The molecular weight excluding hydrogens is 1180 g/mol. The molecule has 0 saturated carbocycles. The molecule has 3 rings (SSSR count). The number of amides is 1. The Bertz CT molecular complexity index is 1760. The molecule has 19 heteroatoms. The van der Waals surface area contributed by atoms with Gasteiger partial charge in [0.25, 0.3) is 0 Å². The highest BCUT2D eigenvalue weighted by atomic mass is 16.8.